The van der Waals surface area contributed by atoms with Gasteiger partial charge in [-0.3, -0.25) is 0 Å². The fourth-order valence-corrected chi connectivity index (χ4v) is 8.23. The van der Waals surface area contributed by atoms with Gasteiger partial charge in [-0.25, -0.2) is 8.93 Å². The molecule has 0 saturated heterocycles. The van der Waals surface area contributed by atoms with Crippen molar-refractivity contribution < 1.29 is 8.95 Å². The molecule has 1 aliphatic rings. The van der Waals surface area contributed by atoms with Gasteiger partial charge in [0.15, 0.2) is 0 Å². The quantitative estimate of drug-likeness (QED) is 0.267. The van der Waals surface area contributed by atoms with Gasteiger partial charge in [0.1, 0.15) is 11.5 Å². The van der Waals surface area contributed by atoms with Crippen molar-refractivity contribution in [2.24, 2.45) is 0 Å². The van der Waals surface area contributed by atoms with Crippen LogP contribution in [0.2, 0.25) is 0 Å². The summed E-state index contributed by atoms with van der Waals surface area (Å²) in [6.45, 7) is 12.6. The van der Waals surface area contributed by atoms with Crippen LogP contribution in [0.5, 0.6) is 11.5 Å². The summed E-state index contributed by atoms with van der Waals surface area (Å²) in [7, 11) is -2.03. The van der Waals surface area contributed by atoms with E-state index in [1.807, 2.05) is 20.8 Å². The Morgan fingerprint density at radius 2 is 1.29 bits per heavy atom. The van der Waals surface area contributed by atoms with E-state index in [2.05, 4.69) is 123 Å². The van der Waals surface area contributed by atoms with Gasteiger partial charge in [-0.05, 0) is 46.2 Å². The zero-order valence-corrected chi connectivity index (χ0v) is 24.7. The second-order valence-electron chi connectivity index (χ2n) is 11.3. The average molecular weight is 542 g/mol. The summed E-state index contributed by atoms with van der Waals surface area (Å²) >= 11 is 0. The zero-order valence-electron chi connectivity index (χ0n) is 23.0. The van der Waals surface area contributed by atoms with Gasteiger partial charge < -0.3 is 4.74 Å². The van der Waals surface area contributed by atoms with Gasteiger partial charge in [0.05, 0.1) is 15.7 Å². The molecule has 0 bridgehead atoms. The highest BCUT2D eigenvalue weighted by atomic mass is 32.2. The first-order valence-electron chi connectivity index (χ1n) is 13.1. The number of rotatable bonds is 6. The predicted octanol–water partition coefficient (Wildman–Crippen LogP) is 6.99. The first-order valence-corrected chi connectivity index (χ1v) is 15.6. The van der Waals surface area contributed by atoms with E-state index in [4.69, 9.17) is 4.74 Å². The number of para-hydroxylation sites is 2. The maximum Gasteiger partial charge on any atom is 0.139 e. The molecule has 2 atom stereocenters. The minimum absolute atomic E-state index is 0.140. The highest BCUT2D eigenvalue weighted by Gasteiger charge is 2.38. The van der Waals surface area contributed by atoms with Crippen LogP contribution in [0, 0.1) is 0 Å². The first kappa shape index (κ1) is 26.8. The Hall–Kier alpha value is -2.78. The van der Waals surface area contributed by atoms with Crippen LogP contribution < -0.4 is 25.4 Å². The van der Waals surface area contributed by atoms with Crippen molar-refractivity contribution in [3.63, 3.8) is 0 Å². The number of hydrogen-bond donors (Lipinski definition) is 1. The molecule has 38 heavy (non-hydrogen) atoms. The van der Waals surface area contributed by atoms with Crippen LogP contribution in [-0.2, 0) is 16.4 Å². The summed E-state index contributed by atoms with van der Waals surface area (Å²) in [5, 5.41) is 3.79. The standard InChI is InChI=1S/C33H36NO2PS/c1-23(34-38(35)32(2,3)4)26-19-13-20-27-30(26)36-31-28(33(27,5)6)21-14-22-29(31)37(24-15-9-7-10-16-24)25-17-11-8-12-18-25/h7-23,34H,1-6H3/t23-,38?/m0/s1. The molecule has 0 amide bonds. The lowest BCUT2D eigenvalue weighted by Gasteiger charge is -2.38. The molecule has 4 aromatic rings. The number of benzene rings is 4. The minimum atomic E-state index is -1.20. The predicted molar refractivity (Wildman–Crippen MR) is 163 cm³/mol. The molecule has 5 rings (SSSR count). The van der Waals surface area contributed by atoms with Crippen molar-refractivity contribution in [3.8, 4) is 11.5 Å². The molecule has 0 spiro atoms. The number of ether oxygens (including phenoxy) is 1. The molecule has 0 fully saturated rings. The Labute approximate surface area is 231 Å². The maximum atomic E-state index is 13.0. The molecule has 3 nitrogen and oxygen atoms in total. The zero-order chi connectivity index (χ0) is 27.1. The summed E-state index contributed by atoms with van der Waals surface area (Å²) in [5.74, 6) is 1.82. The Kier molecular flexibility index (Phi) is 7.35. The van der Waals surface area contributed by atoms with Crippen LogP contribution >= 0.6 is 7.92 Å². The normalized spacial score (nSPS) is 15.8. The van der Waals surface area contributed by atoms with E-state index in [1.165, 1.54) is 21.5 Å². The second kappa shape index (κ2) is 10.4. The first-order chi connectivity index (χ1) is 18.1. The molecule has 1 unspecified atom stereocenters. The van der Waals surface area contributed by atoms with Crippen LogP contribution in [0.3, 0.4) is 0 Å². The monoisotopic (exact) mass is 541 g/mol. The Morgan fingerprint density at radius 1 is 0.763 bits per heavy atom. The van der Waals surface area contributed by atoms with E-state index in [0.29, 0.717) is 0 Å². The van der Waals surface area contributed by atoms with Crippen molar-refractivity contribution in [1.82, 2.24) is 4.72 Å². The maximum absolute atomic E-state index is 13.0. The highest BCUT2D eigenvalue weighted by Crippen LogP contribution is 2.52. The molecule has 196 valence electrons. The second-order valence-corrected chi connectivity index (χ2v) is 15.5. The van der Waals surface area contributed by atoms with Gasteiger partial charge in [0.25, 0.3) is 0 Å². The van der Waals surface area contributed by atoms with Crippen molar-refractivity contribution in [2.45, 2.75) is 57.7 Å². The Bertz CT molecular complexity index is 1420. The van der Waals surface area contributed by atoms with Crippen LogP contribution in [-0.4, -0.2) is 8.96 Å². The van der Waals surface area contributed by atoms with E-state index in [0.717, 1.165) is 22.6 Å². The van der Waals surface area contributed by atoms with E-state index in [1.54, 1.807) is 0 Å². The topological polar surface area (TPSA) is 38.3 Å². The molecular formula is C33H36NO2PS. The summed E-state index contributed by atoms with van der Waals surface area (Å²) in [4.78, 5) is 0. The van der Waals surface area contributed by atoms with Crippen molar-refractivity contribution >= 4 is 34.8 Å². The van der Waals surface area contributed by atoms with Crippen LogP contribution in [0.1, 0.15) is 64.3 Å². The molecule has 0 aromatic heterocycles. The molecule has 1 aliphatic heterocycles. The van der Waals surface area contributed by atoms with Gasteiger partial charge in [-0.2, -0.15) is 0 Å². The number of hydrogen-bond acceptors (Lipinski definition) is 2. The molecule has 4 aromatic carbocycles. The fraction of sp³-hybridized carbons (Fsp3) is 0.273. The Morgan fingerprint density at radius 3 is 1.84 bits per heavy atom. The van der Waals surface area contributed by atoms with E-state index in [-0.39, 0.29) is 16.2 Å². The number of fused-ring (bicyclic) bond motifs is 2. The summed E-state index contributed by atoms with van der Waals surface area (Å²) in [5.41, 5.74) is 3.11. The van der Waals surface area contributed by atoms with E-state index in [9.17, 15) is 4.21 Å². The third-order valence-electron chi connectivity index (χ3n) is 7.17. The Balaban J connectivity index is 1.66. The SMILES string of the molecule is C[C@H](NS(=O)C(C)(C)C)c1cccc2c1Oc1c(P(c3ccccc3)c3ccccc3)cccc1C2(C)C. The lowest BCUT2D eigenvalue weighted by Crippen LogP contribution is -2.35. The summed E-state index contributed by atoms with van der Waals surface area (Å²) in [6.07, 6.45) is 0. The smallest absolute Gasteiger partial charge is 0.139 e. The van der Waals surface area contributed by atoms with Crippen molar-refractivity contribution in [1.29, 1.82) is 0 Å². The molecule has 1 heterocycles. The summed E-state index contributed by atoms with van der Waals surface area (Å²) < 4.78 is 22.9. The lowest BCUT2D eigenvalue weighted by atomic mass is 9.75. The molecule has 0 aliphatic carbocycles. The van der Waals surface area contributed by atoms with Gasteiger partial charge in [0, 0.05) is 33.5 Å². The van der Waals surface area contributed by atoms with E-state index < -0.39 is 18.9 Å². The third-order valence-corrected chi connectivity index (χ3v) is 11.3. The summed E-state index contributed by atoms with van der Waals surface area (Å²) in [6, 6.07) is 34.3. The average Bonchev–Trinajstić information content (AvgIpc) is 2.90. The number of nitrogens with one attached hydrogen (secondary N) is 1. The minimum Gasteiger partial charge on any atom is -0.456 e. The van der Waals surface area contributed by atoms with Gasteiger partial charge in [0.2, 0.25) is 0 Å². The third kappa shape index (κ3) is 4.98. The van der Waals surface area contributed by atoms with Crippen LogP contribution in [0.25, 0.3) is 0 Å². The highest BCUT2D eigenvalue weighted by molar-refractivity contribution is 7.84. The van der Waals surface area contributed by atoms with Crippen molar-refractivity contribution in [3.05, 3.63) is 114 Å². The molecular weight excluding hydrogens is 505 g/mol. The lowest BCUT2D eigenvalue weighted by molar-refractivity contribution is 0.412. The molecule has 1 N–H and O–H groups in total. The van der Waals surface area contributed by atoms with Gasteiger partial charge in [-0.1, -0.05) is 111 Å². The fourth-order valence-electron chi connectivity index (χ4n) is 5.03. The van der Waals surface area contributed by atoms with Gasteiger partial charge >= 0.3 is 0 Å². The van der Waals surface area contributed by atoms with Crippen molar-refractivity contribution in [2.75, 3.05) is 0 Å². The van der Waals surface area contributed by atoms with Crippen LogP contribution in [0.4, 0.5) is 0 Å². The molecule has 0 saturated carbocycles. The molecule has 0 radical (unpaired) electrons. The largest absolute Gasteiger partial charge is 0.456 e. The van der Waals surface area contributed by atoms with Crippen LogP contribution in [0.15, 0.2) is 97.1 Å². The molecule has 5 heteroatoms. The van der Waals surface area contributed by atoms with E-state index >= 15 is 0 Å². The van der Waals surface area contributed by atoms with Gasteiger partial charge in [-0.15, -0.1) is 0 Å².